The molecule has 4 rings (SSSR count). The van der Waals surface area contributed by atoms with Crippen LogP contribution in [0, 0.1) is 12.7 Å². The van der Waals surface area contributed by atoms with Gasteiger partial charge in [-0.15, -0.1) is 0 Å². The Bertz CT molecular complexity index is 1100. The predicted molar refractivity (Wildman–Crippen MR) is 121 cm³/mol. The van der Waals surface area contributed by atoms with Crippen molar-refractivity contribution in [3.63, 3.8) is 0 Å². The first kappa shape index (κ1) is 20.9. The maximum Gasteiger partial charge on any atom is 0.257 e. The highest BCUT2D eigenvalue weighted by atomic mass is 19.1. The van der Waals surface area contributed by atoms with Crippen molar-refractivity contribution in [2.24, 2.45) is 5.10 Å². The van der Waals surface area contributed by atoms with Crippen LogP contribution < -0.4 is 0 Å². The minimum atomic E-state index is -0.306. The molecule has 1 atom stereocenters. The third-order valence-corrected chi connectivity index (χ3v) is 5.57. The Morgan fingerprint density at radius 2 is 1.81 bits per heavy atom. The van der Waals surface area contributed by atoms with Gasteiger partial charge in [-0.3, -0.25) is 9.69 Å². The van der Waals surface area contributed by atoms with E-state index in [2.05, 4.69) is 5.10 Å². The second-order valence-electron chi connectivity index (χ2n) is 8.03. The molecule has 0 saturated carbocycles. The van der Waals surface area contributed by atoms with Crippen LogP contribution in [0.4, 0.5) is 4.39 Å². The van der Waals surface area contributed by atoms with Gasteiger partial charge in [0, 0.05) is 18.5 Å². The van der Waals surface area contributed by atoms with E-state index in [0.717, 1.165) is 22.4 Å². The Labute approximate surface area is 182 Å². The van der Waals surface area contributed by atoms with Gasteiger partial charge in [-0.25, -0.2) is 9.40 Å². The molecular formula is C26H26FN3O. The molecule has 158 valence electrons. The number of hydrogen-bond acceptors (Lipinski definition) is 3. The molecule has 1 heterocycles. The van der Waals surface area contributed by atoms with Gasteiger partial charge in [0.05, 0.1) is 18.3 Å². The summed E-state index contributed by atoms with van der Waals surface area (Å²) in [7, 11) is 1.93. The summed E-state index contributed by atoms with van der Waals surface area (Å²) in [5.74, 6) is -0.377. The average Bonchev–Trinajstić information content (AvgIpc) is 3.20. The van der Waals surface area contributed by atoms with Gasteiger partial charge in [-0.1, -0.05) is 66.7 Å². The topological polar surface area (TPSA) is 35.9 Å². The zero-order chi connectivity index (χ0) is 21.8. The number of hydrogen-bond donors (Lipinski definition) is 0. The second kappa shape index (κ2) is 9.23. The third kappa shape index (κ3) is 4.89. The number of aryl methyl sites for hydroxylation is 1. The third-order valence-electron chi connectivity index (χ3n) is 5.57. The summed E-state index contributed by atoms with van der Waals surface area (Å²) in [6, 6.07) is 24.3. The molecule has 4 nitrogen and oxygen atoms in total. The zero-order valence-corrected chi connectivity index (χ0v) is 17.8. The molecule has 0 unspecified atom stereocenters. The van der Waals surface area contributed by atoms with E-state index >= 15 is 0 Å². The quantitative estimate of drug-likeness (QED) is 0.571. The zero-order valence-electron chi connectivity index (χ0n) is 17.8. The van der Waals surface area contributed by atoms with Crippen molar-refractivity contribution in [2.75, 3.05) is 13.6 Å². The van der Waals surface area contributed by atoms with Crippen molar-refractivity contribution < 1.29 is 9.18 Å². The Morgan fingerprint density at radius 1 is 1.06 bits per heavy atom. The number of carbonyl (C=O) groups excluding carboxylic acids is 1. The van der Waals surface area contributed by atoms with E-state index in [1.54, 1.807) is 11.1 Å². The number of nitrogens with zero attached hydrogens (tertiary/aromatic N) is 3. The molecule has 1 aliphatic heterocycles. The summed E-state index contributed by atoms with van der Waals surface area (Å²) in [5.41, 5.74) is 4.77. The molecule has 0 spiro atoms. The van der Waals surface area contributed by atoms with Crippen molar-refractivity contribution in [3.05, 3.63) is 107 Å². The maximum atomic E-state index is 13.8. The van der Waals surface area contributed by atoms with Gasteiger partial charge < -0.3 is 0 Å². The largest absolute Gasteiger partial charge is 0.293 e. The van der Waals surface area contributed by atoms with E-state index in [4.69, 9.17) is 0 Å². The van der Waals surface area contributed by atoms with Crippen molar-refractivity contribution in [1.29, 1.82) is 0 Å². The lowest BCUT2D eigenvalue weighted by molar-refractivity contribution is -0.134. The standard InChI is InChI=1S/C26H26FN3O/c1-19-9-6-7-14-23(19)25-16-24(21-12-8-13-22(27)15-21)28-30(25)26(31)18-29(2)17-20-10-4-3-5-11-20/h3-15,25H,16-18H2,1-2H3/t25-/m1/s1. The number of carbonyl (C=O) groups is 1. The van der Waals surface area contributed by atoms with Gasteiger partial charge in [0.2, 0.25) is 0 Å². The molecule has 0 radical (unpaired) electrons. The molecule has 1 amide bonds. The SMILES string of the molecule is Cc1ccccc1[C@H]1CC(c2cccc(F)c2)=NN1C(=O)CN(C)Cc1ccccc1. The molecule has 1 aliphatic rings. The first-order chi connectivity index (χ1) is 15.0. The lowest BCUT2D eigenvalue weighted by Gasteiger charge is -2.25. The van der Waals surface area contributed by atoms with Crippen molar-refractivity contribution in [3.8, 4) is 0 Å². The van der Waals surface area contributed by atoms with Gasteiger partial charge in [0.25, 0.3) is 5.91 Å². The first-order valence-electron chi connectivity index (χ1n) is 10.4. The highest BCUT2D eigenvalue weighted by molar-refractivity contribution is 6.03. The second-order valence-corrected chi connectivity index (χ2v) is 8.03. The molecule has 0 saturated heterocycles. The van der Waals surface area contributed by atoms with Crippen LogP contribution >= 0.6 is 0 Å². The molecule has 0 aromatic heterocycles. The minimum absolute atomic E-state index is 0.0712. The molecule has 0 fully saturated rings. The molecule has 0 aliphatic carbocycles. The monoisotopic (exact) mass is 415 g/mol. The van der Waals surface area contributed by atoms with E-state index in [0.29, 0.717) is 18.5 Å². The Kier molecular flexibility index (Phi) is 6.23. The predicted octanol–water partition coefficient (Wildman–Crippen LogP) is 4.94. The number of halogens is 1. The van der Waals surface area contributed by atoms with Crippen LogP contribution in [0.3, 0.4) is 0 Å². The van der Waals surface area contributed by atoms with Crippen LogP contribution in [0.2, 0.25) is 0 Å². The number of benzene rings is 3. The average molecular weight is 416 g/mol. The molecule has 31 heavy (non-hydrogen) atoms. The summed E-state index contributed by atoms with van der Waals surface area (Å²) in [4.78, 5) is 15.3. The van der Waals surface area contributed by atoms with Crippen LogP contribution in [0.25, 0.3) is 0 Å². The first-order valence-corrected chi connectivity index (χ1v) is 10.4. The van der Waals surface area contributed by atoms with Crippen LogP contribution in [0.5, 0.6) is 0 Å². The summed E-state index contributed by atoms with van der Waals surface area (Å²) in [6.45, 7) is 2.97. The summed E-state index contributed by atoms with van der Waals surface area (Å²) < 4.78 is 13.8. The summed E-state index contributed by atoms with van der Waals surface area (Å²) in [5, 5.41) is 6.25. The number of likely N-dealkylation sites (N-methyl/N-ethyl adjacent to an activating group) is 1. The Balaban J connectivity index is 1.58. The number of hydrazone groups is 1. The summed E-state index contributed by atoms with van der Waals surface area (Å²) >= 11 is 0. The van der Waals surface area contributed by atoms with Gasteiger partial charge >= 0.3 is 0 Å². The van der Waals surface area contributed by atoms with E-state index in [1.807, 2.05) is 79.5 Å². The molecule has 0 bridgehead atoms. The lowest BCUT2D eigenvalue weighted by Crippen LogP contribution is -2.36. The molecule has 3 aromatic rings. The van der Waals surface area contributed by atoms with Crippen molar-refractivity contribution in [2.45, 2.75) is 25.9 Å². The molecule has 3 aromatic carbocycles. The van der Waals surface area contributed by atoms with Gasteiger partial charge in [-0.2, -0.15) is 5.10 Å². The van der Waals surface area contributed by atoms with Gasteiger partial charge in [0.1, 0.15) is 5.82 Å². The fourth-order valence-electron chi connectivity index (χ4n) is 4.04. The molecule has 5 heteroatoms. The van der Waals surface area contributed by atoms with Crippen LogP contribution in [-0.2, 0) is 11.3 Å². The fourth-order valence-corrected chi connectivity index (χ4v) is 4.04. The Morgan fingerprint density at radius 3 is 2.55 bits per heavy atom. The lowest BCUT2D eigenvalue weighted by atomic mass is 9.95. The van der Waals surface area contributed by atoms with Crippen molar-refractivity contribution in [1.82, 2.24) is 9.91 Å². The van der Waals surface area contributed by atoms with Gasteiger partial charge in [0.15, 0.2) is 0 Å². The number of rotatable bonds is 6. The number of amides is 1. The van der Waals surface area contributed by atoms with E-state index in [9.17, 15) is 9.18 Å². The highest BCUT2D eigenvalue weighted by Crippen LogP contribution is 2.34. The molecular weight excluding hydrogens is 389 g/mol. The van der Waals surface area contributed by atoms with E-state index in [1.165, 1.54) is 12.1 Å². The molecule has 0 N–H and O–H groups in total. The van der Waals surface area contributed by atoms with Crippen LogP contribution in [0.1, 0.15) is 34.7 Å². The van der Waals surface area contributed by atoms with E-state index in [-0.39, 0.29) is 24.3 Å². The normalized spacial score (nSPS) is 15.9. The van der Waals surface area contributed by atoms with Gasteiger partial charge in [-0.05, 0) is 42.8 Å². The fraction of sp³-hybridized carbons (Fsp3) is 0.231. The maximum absolute atomic E-state index is 13.8. The Hall–Kier alpha value is -3.31. The van der Waals surface area contributed by atoms with Crippen LogP contribution in [-0.4, -0.2) is 35.1 Å². The summed E-state index contributed by atoms with van der Waals surface area (Å²) in [6.07, 6.45) is 0.558. The highest BCUT2D eigenvalue weighted by Gasteiger charge is 2.34. The smallest absolute Gasteiger partial charge is 0.257 e. The minimum Gasteiger partial charge on any atom is -0.293 e. The van der Waals surface area contributed by atoms with Crippen LogP contribution in [0.15, 0.2) is 84.0 Å². The van der Waals surface area contributed by atoms with Crippen molar-refractivity contribution >= 4 is 11.6 Å². The van der Waals surface area contributed by atoms with E-state index < -0.39 is 0 Å².